The molecule has 2 N–H and O–H groups in total. The molecule has 164 valence electrons. The van der Waals surface area contributed by atoms with Crippen molar-refractivity contribution in [2.45, 2.75) is 19.9 Å². The van der Waals surface area contributed by atoms with Crippen LogP contribution < -0.4 is 4.74 Å². The SMILES string of the molecule is CCOc1cc(C2/C(=C(/O)c3ccc(F)c(C)c3)C(=O)C(=O)N2CCOC)ccc1O. The van der Waals surface area contributed by atoms with Crippen molar-refractivity contribution in [3.8, 4) is 11.5 Å². The number of carbonyl (C=O) groups excluding carboxylic acids is 2. The second-order valence-electron chi connectivity index (χ2n) is 7.11. The Morgan fingerprint density at radius 2 is 1.94 bits per heavy atom. The molecule has 0 spiro atoms. The van der Waals surface area contributed by atoms with Crippen LogP contribution in [0.4, 0.5) is 4.39 Å². The van der Waals surface area contributed by atoms with Crippen molar-refractivity contribution in [1.82, 2.24) is 4.90 Å². The minimum Gasteiger partial charge on any atom is -0.507 e. The number of ketones is 1. The molecule has 31 heavy (non-hydrogen) atoms. The first-order valence-corrected chi connectivity index (χ1v) is 9.79. The Labute approximate surface area is 179 Å². The summed E-state index contributed by atoms with van der Waals surface area (Å²) in [6, 6.07) is 7.50. The first-order chi connectivity index (χ1) is 14.8. The zero-order valence-electron chi connectivity index (χ0n) is 17.5. The fraction of sp³-hybridized carbons (Fsp3) is 0.304. The fourth-order valence-electron chi connectivity index (χ4n) is 3.57. The molecule has 1 aliphatic heterocycles. The molecule has 3 rings (SSSR count). The highest BCUT2D eigenvalue weighted by Crippen LogP contribution is 2.41. The Morgan fingerprint density at radius 1 is 1.19 bits per heavy atom. The summed E-state index contributed by atoms with van der Waals surface area (Å²) in [7, 11) is 1.47. The zero-order chi connectivity index (χ0) is 22.7. The summed E-state index contributed by atoms with van der Waals surface area (Å²) in [6.07, 6.45) is 0. The molecule has 1 atom stereocenters. The minimum absolute atomic E-state index is 0.0893. The van der Waals surface area contributed by atoms with Gasteiger partial charge < -0.3 is 24.6 Å². The highest BCUT2D eigenvalue weighted by molar-refractivity contribution is 6.46. The summed E-state index contributed by atoms with van der Waals surface area (Å²) in [6.45, 7) is 3.88. The topological polar surface area (TPSA) is 96.3 Å². The predicted octanol–water partition coefficient (Wildman–Crippen LogP) is 3.31. The van der Waals surface area contributed by atoms with Crippen LogP contribution in [0.1, 0.15) is 29.7 Å². The van der Waals surface area contributed by atoms with Crippen molar-refractivity contribution in [1.29, 1.82) is 0 Å². The molecule has 2 aromatic rings. The van der Waals surface area contributed by atoms with Gasteiger partial charge >= 0.3 is 0 Å². The van der Waals surface area contributed by atoms with Crippen LogP contribution in [0.5, 0.6) is 11.5 Å². The van der Waals surface area contributed by atoms with Gasteiger partial charge in [0.05, 0.1) is 24.8 Å². The number of nitrogens with zero attached hydrogens (tertiary/aromatic N) is 1. The highest BCUT2D eigenvalue weighted by Gasteiger charge is 2.46. The number of ether oxygens (including phenoxy) is 2. The average Bonchev–Trinajstić information content (AvgIpc) is 3.00. The molecule has 0 radical (unpaired) electrons. The van der Waals surface area contributed by atoms with E-state index in [0.29, 0.717) is 12.2 Å². The molecule has 0 saturated carbocycles. The lowest BCUT2D eigenvalue weighted by Gasteiger charge is -2.25. The van der Waals surface area contributed by atoms with E-state index in [2.05, 4.69) is 0 Å². The van der Waals surface area contributed by atoms with Crippen LogP contribution in [0, 0.1) is 12.7 Å². The molecule has 0 aliphatic carbocycles. The number of likely N-dealkylation sites (tertiary alicyclic amines) is 1. The van der Waals surface area contributed by atoms with E-state index < -0.39 is 29.3 Å². The van der Waals surface area contributed by atoms with Crippen molar-refractivity contribution in [3.63, 3.8) is 0 Å². The monoisotopic (exact) mass is 429 g/mol. The van der Waals surface area contributed by atoms with Crippen LogP contribution in [0.15, 0.2) is 42.0 Å². The summed E-state index contributed by atoms with van der Waals surface area (Å²) in [5.74, 6) is -2.39. The smallest absolute Gasteiger partial charge is 0.295 e. The van der Waals surface area contributed by atoms with E-state index in [1.807, 2.05) is 0 Å². The number of aromatic hydroxyl groups is 1. The second kappa shape index (κ2) is 9.18. The standard InChI is InChI=1S/C23H24FNO6/c1-4-31-18-12-14(6-8-17(18)26)20-19(22(28)23(29)25(20)9-10-30-3)21(27)15-5-7-16(24)13(2)11-15/h5-8,11-12,20,26-27H,4,9-10H2,1-3H3/b21-19-. The lowest BCUT2D eigenvalue weighted by atomic mass is 9.94. The van der Waals surface area contributed by atoms with E-state index >= 15 is 0 Å². The normalized spacial score (nSPS) is 17.9. The van der Waals surface area contributed by atoms with Gasteiger partial charge in [0.15, 0.2) is 11.5 Å². The molecule has 1 saturated heterocycles. The summed E-state index contributed by atoms with van der Waals surface area (Å²) < 4.78 is 24.2. The van der Waals surface area contributed by atoms with Gasteiger partial charge in [-0.3, -0.25) is 9.59 Å². The van der Waals surface area contributed by atoms with E-state index in [4.69, 9.17) is 9.47 Å². The molecule has 7 nitrogen and oxygen atoms in total. The van der Waals surface area contributed by atoms with Gasteiger partial charge in [-0.25, -0.2) is 4.39 Å². The van der Waals surface area contributed by atoms with Crippen LogP contribution in [0.3, 0.4) is 0 Å². The van der Waals surface area contributed by atoms with Gasteiger partial charge in [0, 0.05) is 19.2 Å². The number of rotatable bonds is 7. The molecule has 2 aromatic carbocycles. The number of aliphatic hydroxyl groups excluding tert-OH is 1. The summed E-state index contributed by atoms with van der Waals surface area (Å²) in [5, 5.41) is 21.0. The number of aryl methyl sites for hydroxylation is 1. The number of aliphatic hydroxyl groups is 1. The van der Waals surface area contributed by atoms with E-state index in [9.17, 15) is 24.2 Å². The zero-order valence-corrected chi connectivity index (χ0v) is 17.5. The van der Waals surface area contributed by atoms with Crippen LogP contribution in [-0.4, -0.2) is 53.7 Å². The summed E-state index contributed by atoms with van der Waals surface area (Å²) >= 11 is 0. The van der Waals surface area contributed by atoms with E-state index in [1.165, 1.54) is 49.3 Å². The van der Waals surface area contributed by atoms with Gasteiger partial charge in [0.25, 0.3) is 11.7 Å². The van der Waals surface area contributed by atoms with Crippen molar-refractivity contribution in [3.05, 3.63) is 64.5 Å². The van der Waals surface area contributed by atoms with E-state index in [1.54, 1.807) is 13.0 Å². The quantitative estimate of drug-likeness (QED) is 0.398. The van der Waals surface area contributed by atoms with Gasteiger partial charge in [-0.1, -0.05) is 6.07 Å². The lowest BCUT2D eigenvalue weighted by Crippen LogP contribution is -2.32. The maximum absolute atomic E-state index is 13.7. The Bertz CT molecular complexity index is 1050. The molecule has 8 heteroatoms. The molecule has 0 bridgehead atoms. The maximum Gasteiger partial charge on any atom is 0.295 e. The van der Waals surface area contributed by atoms with Gasteiger partial charge in [0.2, 0.25) is 0 Å². The summed E-state index contributed by atoms with van der Waals surface area (Å²) in [5.41, 5.74) is 0.854. The molecular formula is C23H24FNO6. The maximum atomic E-state index is 13.7. The molecule has 1 unspecified atom stereocenters. The number of methoxy groups -OCH3 is 1. The number of hydrogen-bond acceptors (Lipinski definition) is 6. The third-order valence-electron chi connectivity index (χ3n) is 5.11. The fourth-order valence-corrected chi connectivity index (χ4v) is 3.57. The number of benzene rings is 2. The Morgan fingerprint density at radius 3 is 2.58 bits per heavy atom. The predicted molar refractivity (Wildman–Crippen MR) is 111 cm³/mol. The minimum atomic E-state index is -0.930. The van der Waals surface area contributed by atoms with Crippen LogP contribution in [-0.2, 0) is 14.3 Å². The molecular weight excluding hydrogens is 405 g/mol. The first-order valence-electron chi connectivity index (χ1n) is 9.79. The van der Waals surface area contributed by atoms with Crippen molar-refractivity contribution >= 4 is 17.4 Å². The van der Waals surface area contributed by atoms with E-state index in [-0.39, 0.29) is 41.4 Å². The molecule has 1 heterocycles. The molecule has 0 aromatic heterocycles. The number of amides is 1. The van der Waals surface area contributed by atoms with Crippen LogP contribution in [0.25, 0.3) is 5.76 Å². The Balaban J connectivity index is 2.19. The van der Waals surface area contributed by atoms with Gasteiger partial charge in [-0.05, 0) is 55.3 Å². The third kappa shape index (κ3) is 4.25. The number of hydrogen-bond donors (Lipinski definition) is 2. The van der Waals surface area contributed by atoms with E-state index in [0.717, 1.165) is 0 Å². The molecule has 1 fully saturated rings. The van der Waals surface area contributed by atoms with Gasteiger partial charge in [-0.2, -0.15) is 0 Å². The lowest BCUT2D eigenvalue weighted by molar-refractivity contribution is -0.140. The van der Waals surface area contributed by atoms with Gasteiger partial charge in [-0.15, -0.1) is 0 Å². The van der Waals surface area contributed by atoms with Gasteiger partial charge in [0.1, 0.15) is 11.6 Å². The number of carbonyl (C=O) groups is 2. The molecule has 1 amide bonds. The average molecular weight is 429 g/mol. The third-order valence-corrected chi connectivity index (χ3v) is 5.11. The number of phenols is 1. The Kier molecular flexibility index (Phi) is 6.60. The number of halogens is 1. The summed E-state index contributed by atoms with van der Waals surface area (Å²) in [4.78, 5) is 27.0. The Hall–Kier alpha value is -3.39. The van der Waals surface area contributed by atoms with Crippen molar-refractivity contribution in [2.75, 3.05) is 26.9 Å². The van der Waals surface area contributed by atoms with Crippen molar-refractivity contribution < 1.29 is 33.7 Å². The number of phenolic OH excluding ortho intramolecular Hbond substituents is 1. The van der Waals surface area contributed by atoms with Crippen LogP contribution in [0.2, 0.25) is 0 Å². The largest absolute Gasteiger partial charge is 0.507 e. The van der Waals surface area contributed by atoms with Crippen LogP contribution >= 0.6 is 0 Å². The highest BCUT2D eigenvalue weighted by atomic mass is 19.1. The molecule has 1 aliphatic rings. The second-order valence-corrected chi connectivity index (χ2v) is 7.11. The first kappa shape index (κ1) is 22.3. The number of Topliss-reactive ketones (excluding diaryl/α,β-unsaturated/α-hetero) is 1. The van der Waals surface area contributed by atoms with Crippen molar-refractivity contribution in [2.24, 2.45) is 0 Å².